The van der Waals surface area contributed by atoms with Gasteiger partial charge in [0, 0.05) is 25.7 Å². The van der Waals surface area contributed by atoms with E-state index in [0.29, 0.717) is 143 Å². The van der Waals surface area contributed by atoms with Crippen LogP contribution in [0.25, 0.3) is 0 Å². The first-order valence-corrected chi connectivity index (χ1v) is 21.5. The lowest BCUT2D eigenvalue weighted by Crippen LogP contribution is -2.16. The van der Waals surface area contributed by atoms with E-state index < -0.39 is 0 Å². The summed E-state index contributed by atoms with van der Waals surface area (Å²) in [6.07, 6.45) is 2.33. The number of rotatable bonds is 0. The average molecular weight is 833 g/mol. The highest BCUT2D eigenvalue weighted by atomic mass is 16.6. The summed E-state index contributed by atoms with van der Waals surface area (Å²) in [5, 5.41) is 0. The molecule has 0 spiro atoms. The third kappa shape index (κ3) is 11.8. The first-order chi connectivity index (χ1) is 30.3. The summed E-state index contributed by atoms with van der Waals surface area (Å²) >= 11 is 0. The Kier molecular flexibility index (Phi) is 15.6. The lowest BCUT2D eigenvalue weighted by Gasteiger charge is -2.23. The van der Waals surface area contributed by atoms with Crippen molar-refractivity contribution in [2.75, 3.05) is 106 Å². The summed E-state index contributed by atoms with van der Waals surface area (Å²) in [5.74, 6) is 4.65. The van der Waals surface area contributed by atoms with Gasteiger partial charge >= 0.3 is 0 Å². The van der Waals surface area contributed by atoms with E-state index in [1.165, 1.54) is 0 Å². The Labute approximate surface area is 358 Å². The smallest absolute Gasteiger partial charge is 0.161 e. The van der Waals surface area contributed by atoms with Crippen molar-refractivity contribution in [2.24, 2.45) is 0 Å². The maximum atomic E-state index is 6.75. The van der Waals surface area contributed by atoms with Gasteiger partial charge in [-0.05, 0) is 56.6 Å². The van der Waals surface area contributed by atoms with Crippen molar-refractivity contribution in [2.45, 2.75) is 25.7 Å². The minimum atomic E-state index is 0.353. The fourth-order valence-electron chi connectivity index (χ4n) is 7.89. The van der Waals surface area contributed by atoms with Crippen LogP contribution in [0.5, 0.6) is 34.5 Å². The second kappa shape index (κ2) is 22.5. The highest BCUT2D eigenvalue weighted by Crippen LogP contribution is 2.39. The molecule has 0 saturated carbocycles. The van der Waals surface area contributed by atoms with Gasteiger partial charge in [-0.3, -0.25) is 0 Å². The molecular weight excluding hydrogens is 777 g/mol. The standard InChI is InChI=1S/C50H56O11/c1-2-16-46-45(15-1)56-27-21-54-25-31-60-49-41-11-5-12-42(49)34-38-8-4-10-40-36-44-14-6-13-43(50(44)61-32-26-55-22-28-57-46)35-39-9-3-7-37(33-41)47(39)58-29-23-52-19-17-51-18-20-53-24-30-59-48(38)40/h1-16H,17-36H2. The van der Waals surface area contributed by atoms with Crippen molar-refractivity contribution in [1.82, 2.24) is 0 Å². The molecule has 1 aliphatic carbocycles. The van der Waals surface area contributed by atoms with Gasteiger partial charge < -0.3 is 52.1 Å². The SMILES string of the molecule is c1cc2c3c(c1)Cc1cccc4c1OCCOCCOc1ccccc1OCCOCCOc1c(cccc1Cc1cccc(c1OCCOCCOCCOCCO3)C4)C2. The molecular formula is C50H56O11. The Morgan fingerprint density at radius 1 is 0.213 bits per heavy atom. The molecule has 61 heavy (non-hydrogen) atoms. The molecule has 0 atom stereocenters. The van der Waals surface area contributed by atoms with Crippen molar-refractivity contribution in [3.63, 3.8) is 0 Å². The van der Waals surface area contributed by atoms with Crippen LogP contribution in [0.3, 0.4) is 0 Å². The predicted octanol–water partition coefficient (Wildman–Crippen LogP) is 7.45. The van der Waals surface area contributed by atoms with E-state index in [0.717, 1.165) is 67.5 Å². The highest BCUT2D eigenvalue weighted by molar-refractivity contribution is 5.56. The van der Waals surface area contributed by atoms with E-state index >= 15 is 0 Å². The molecule has 5 aromatic carbocycles. The van der Waals surface area contributed by atoms with E-state index in [2.05, 4.69) is 72.8 Å². The van der Waals surface area contributed by atoms with Crippen LogP contribution in [0.15, 0.2) is 97.1 Å². The molecule has 11 nitrogen and oxygen atoms in total. The van der Waals surface area contributed by atoms with Gasteiger partial charge in [0.1, 0.15) is 62.6 Å². The number of hydrogen-bond donors (Lipinski definition) is 0. The molecule has 11 heteroatoms. The second-order valence-corrected chi connectivity index (χ2v) is 14.9. The molecule has 0 amide bonds. The monoisotopic (exact) mass is 832 g/mol. The van der Waals surface area contributed by atoms with Gasteiger partial charge in [-0.2, -0.15) is 0 Å². The molecule has 0 N–H and O–H groups in total. The molecule has 9 rings (SSSR count). The van der Waals surface area contributed by atoms with Gasteiger partial charge in [0.2, 0.25) is 0 Å². The van der Waals surface area contributed by atoms with Crippen LogP contribution in [-0.2, 0) is 49.4 Å². The van der Waals surface area contributed by atoms with Crippen molar-refractivity contribution in [3.8, 4) is 34.5 Å². The molecule has 0 radical (unpaired) electrons. The summed E-state index contributed by atoms with van der Waals surface area (Å²) in [7, 11) is 0. The van der Waals surface area contributed by atoms with Crippen LogP contribution >= 0.6 is 0 Å². The Morgan fingerprint density at radius 3 is 0.672 bits per heavy atom. The second-order valence-electron chi connectivity index (χ2n) is 14.9. The molecule has 3 heterocycles. The van der Waals surface area contributed by atoms with Crippen LogP contribution < -0.4 is 28.4 Å². The third-order valence-electron chi connectivity index (χ3n) is 10.7. The normalized spacial score (nSPS) is 17.6. The maximum absolute atomic E-state index is 6.75. The number of benzene rings is 5. The fraction of sp³-hybridized carbons (Fsp3) is 0.400. The van der Waals surface area contributed by atoms with E-state index in [1.807, 2.05) is 24.3 Å². The molecule has 0 fully saturated rings. The summed E-state index contributed by atoms with van der Waals surface area (Å²) < 4.78 is 68.8. The van der Waals surface area contributed by atoms with E-state index in [4.69, 9.17) is 52.1 Å². The fourth-order valence-corrected chi connectivity index (χ4v) is 7.89. The van der Waals surface area contributed by atoms with Gasteiger partial charge in [-0.15, -0.1) is 0 Å². The van der Waals surface area contributed by atoms with Crippen molar-refractivity contribution >= 4 is 0 Å². The Balaban J connectivity index is 1.22. The minimum absolute atomic E-state index is 0.353. The molecule has 12 bridgehead atoms. The predicted molar refractivity (Wildman–Crippen MR) is 230 cm³/mol. The Morgan fingerprint density at radius 2 is 0.426 bits per heavy atom. The van der Waals surface area contributed by atoms with Crippen molar-refractivity contribution in [3.05, 3.63) is 142 Å². The third-order valence-corrected chi connectivity index (χ3v) is 10.7. The molecule has 3 aliphatic heterocycles. The summed E-state index contributed by atoms with van der Waals surface area (Å²) in [5.41, 5.74) is 8.40. The van der Waals surface area contributed by atoms with Crippen LogP contribution in [0.1, 0.15) is 44.5 Å². The van der Waals surface area contributed by atoms with Gasteiger partial charge in [0.15, 0.2) is 11.5 Å². The Bertz CT molecular complexity index is 1920. The average Bonchev–Trinajstić information content (AvgIpc) is 3.27. The van der Waals surface area contributed by atoms with E-state index in [-0.39, 0.29) is 0 Å². The van der Waals surface area contributed by atoms with E-state index in [1.54, 1.807) is 0 Å². The Hall–Kier alpha value is -5.30. The largest absolute Gasteiger partial charge is 0.491 e. The number of ether oxygens (including phenoxy) is 11. The lowest BCUT2D eigenvalue weighted by molar-refractivity contribution is 0.00484. The zero-order valence-corrected chi connectivity index (χ0v) is 34.9. The quantitative estimate of drug-likeness (QED) is 0.143. The van der Waals surface area contributed by atoms with Crippen LogP contribution in [0.4, 0.5) is 0 Å². The summed E-state index contributed by atoms with van der Waals surface area (Å²) in [6, 6.07) is 33.3. The van der Waals surface area contributed by atoms with Crippen molar-refractivity contribution < 1.29 is 52.1 Å². The molecule has 5 aromatic rings. The molecule has 0 unspecified atom stereocenters. The van der Waals surface area contributed by atoms with Crippen LogP contribution in [0.2, 0.25) is 0 Å². The zero-order chi connectivity index (χ0) is 41.3. The molecule has 322 valence electrons. The lowest BCUT2D eigenvalue weighted by atomic mass is 9.91. The van der Waals surface area contributed by atoms with Gasteiger partial charge in [0.25, 0.3) is 0 Å². The van der Waals surface area contributed by atoms with Gasteiger partial charge in [-0.25, -0.2) is 0 Å². The van der Waals surface area contributed by atoms with Crippen LogP contribution in [-0.4, -0.2) is 106 Å². The number of fused-ring (bicyclic) bond motifs is 12. The summed E-state index contributed by atoms with van der Waals surface area (Å²) in [6.45, 7) is 6.44. The van der Waals surface area contributed by atoms with Crippen molar-refractivity contribution in [1.29, 1.82) is 0 Å². The molecule has 4 aliphatic rings. The number of hydrogen-bond acceptors (Lipinski definition) is 11. The zero-order valence-electron chi connectivity index (χ0n) is 34.9. The molecule has 0 saturated heterocycles. The minimum Gasteiger partial charge on any atom is -0.491 e. The van der Waals surface area contributed by atoms with E-state index in [9.17, 15) is 0 Å². The first-order valence-electron chi connectivity index (χ1n) is 21.5. The molecule has 0 aromatic heterocycles. The van der Waals surface area contributed by atoms with Gasteiger partial charge in [0.05, 0.1) is 66.1 Å². The highest BCUT2D eigenvalue weighted by Gasteiger charge is 2.22. The number of para-hydroxylation sites is 6. The van der Waals surface area contributed by atoms with Gasteiger partial charge in [-0.1, -0.05) is 84.9 Å². The maximum Gasteiger partial charge on any atom is 0.161 e. The van der Waals surface area contributed by atoms with Crippen LogP contribution in [0, 0.1) is 0 Å². The first kappa shape index (κ1) is 42.4. The summed E-state index contributed by atoms with van der Waals surface area (Å²) in [4.78, 5) is 0. The topological polar surface area (TPSA) is 102 Å².